The number of unbranched alkanes of at least 4 members (excludes halogenated alkanes) is 1. The summed E-state index contributed by atoms with van der Waals surface area (Å²) in [4.78, 5) is 29.2. The van der Waals surface area contributed by atoms with Gasteiger partial charge in [0, 0.05) is 17.8 Å². The van der Waals surface area contributed by atoms with Gasteiger partial charge in [-0.05, 0) is 64.9 Å². The first-order chi connectivity index (χ1) is 14.8. The normalized spacial score (nSPS) is 11.3. The van der Waals surface area contributed by atoms with Crippen molar-refractivity contribution < 1.29 is 14.3 Å². The van der Waals surface area contributed by atoms with Gasteiger partial charge in [0.15, 0.2) is 11.5 Å². The minimum atomic E-state index is -0.432. The highest BCUT2D eigenvalue weighted by molar-refractivity contribution is 14.1. The molecule has 3 aromatic rings. The Bertz CT molecular complexity index is 1220. The first-order valence-corrected chi connectivity index (χ1v) is 11.5. The van der Waals surface area contributed by atoms with E-state index < -0.39 is 5.97 Å². The van der Waals surface area contributed by atoms with Crippen LogP contribution < -0.4 is 15.0 Å². The lowest BCUT2D eigenvalue weighted by molar-refractivity contribution is -0.132. The van der Waals surface area contributed by atoms with E-state index in [-0.39, 0.29) is 5.56 Å². The molecule has 2 aromatic carbocycles. The summed E-state index contributed by atoms with van der Waals surface area (Å²) in [7, 11) is 1.50. The molecule has 7 nitrogen and oxygen atoms in total. The predicted octanol–water partition coefficient (Wildman–Crippen LogP) is 4.92. The molecule has 1 aromatic heterocycles. The monoisotopic (exact) mass is 597 g/mol. The molecule has 0 aliphatic heterocycles. The van der Waals surface area contributed by atoms with Gasteiger partial charge >= 0.3 is 5.97 Å². The van der Waals surface area contributed by atoms with Crippen LogP contribution in [0.5, 0.6) is 11.5 Å². The number of hydrogen-bond acceptors (Lipinski definition) is 6. The smallest absolute Gasteiger partial charge is 0.308 e. The molecule has 0 atom stereocenters. The van der Waals surface area contributed by atoms with Gasteiger partial charge in [0.05, 0.1) is 27.8 Å². The summed E-state index contributed by atoms with van der Waals surface area (Å²) in [6, 6.07) is 8.94. The number of aromatic nitrogens is 2. The number of fused-ring (bicyclic) bond motifs is 1. The number of nitrogens with zero attached hydrogens (tertiary/aromatic N) is 3. The van der Waals surface area contributed by atoms with Gasteiger partial charge < -0.3 is 9.47 Å². The van der Waals surface area contributed by atoms with Crippen LogP contribution in [-0.2, 0) is 11.2 Å². The van der Waals surface area contributed by atoms with Crippen molar-refractivity contribution in [2.45, 2.75) is 33.1 Å². The fraction of sp³-hybridized carbons (Fsp3) is 0.273. The Morgan fingerprint density at radius 2 is 2.10 bits per heavy atom. The van der Waals surface area contributed by atoms with Gasteiger partial charge in [-0.25, -0.2) is 4.98 Å². The number of aryl methyl sites for hydroxylation is 1. The third-order valence-corrected chi connectivity index (χ3v) is 5.74. The molecule has 0 spiro atoms. The molecule has 0 N–H and O–H groups in total. The van der Waals surface area contributed by atoms with Crippen LogP contribution in [0.4, 0.5) is 0 Å². The second kappa shape index (κ2) is 10.4. The van der Waals surface area contributed by atoms with Gasteiger partial charge in [-0.1, -0.05) is 29.3 Å². The molecule has 0 fully saturated rings. The van der Waals surface area contributed by atoms with E-state index in [2.05, 4.69) is 55.5 Å². The van der Waals surface area contributed by atoms with Crippen LogP contribution in [0.15, 0.2) is 44.7 Å². The number of rotatable bonds is 7. The quantitative estimate of drug-likeness (QED) is 0.167. The van der Waals surface area contributed by atoms with Crippen LogP contribution in [0.25, 0.3) is 10.9 Å². The minimum Gasteiger partial charge on any atom is -0.493 e. The zero-order valence-electron chi connectivity index (χ0n) is 17.3. The number of esters is 1. The Morgan fingerprint density at radius 1 is 1.32 bits per heavy atom. The summed E-state index contributed by atoms with van der Waals surface area (Å²) in [5.74, 6) is 0.933. The second-order valence-corrected chi connectivity index (χ2v) is 8.86. The molecule has 0 radical (unpaired) electrons. The van der Waals surface area contributed by atoms with Crippen LogP contribution in [0.1, 0.15) is 38.1 Å². The van der Waals surface area contributed by atoms with Crippen LogP contribution >= 0.6 is 38.5 Å². The molecule has 31 heavy (non-hydrogen) atoms. The van der Waals surface area contributed by atoms with E-state index in [0.717, 1.165) is 17.3 Å². The molecule has 0 aliphatic rings. The zero-order chi connectivity index (χ0) is 22.5. The highest BCUT2D eigenvalue weighted by Crippen LogP contribution is 2.33. The van der Waals surface area contributed by atoms with Gasteiger partial charge in [0.25, 0.3) is 5.56 Å². The zero-order valence-corrected chi connectivity index (χ0v) is 21.1. The summed E-state index contributed by atoms with van der Waals surface area (Å²) in [6.07, 6.45) is 4.09. The third-order valence-electron chi connectivity index (χ3n) is 4.45. The highest BCUT2D eigenvalue weighted by atomic mass is 127. The van der Waals surface area contributed by atoms with E-state index in [1.54, 1.807) is 24.4 Å². The second-order valence-electron chi connectivity index (χ2n) is 6.78. The molecule has 1 heterocycles. The summed E-state index contributed by atoms with van der Waals surface area (Å²) in [6.45, 7) is 3.42. The highest BCUT2D eigenvalue weighted by Gasteiger charge is 2.14. The van der Waals surface area contributed by atoms with E-state index >= 15 is 0 Å². The molecule has 0 saturated carbocycles. The summed E-state index contributed by atoms with van der Waals surface area (Å²) >= 11 is 5.47. The third kappa shape index (κ3) is 5.51. The molecule has 0 bridgehead atoms. The van der Waals surface area contributed by atoms with Crippen molar-refractivity contribution in [1.29, 1.82) is 0 Å². The van der Waals surface area contributed by atoms with Crippen LogP contribution in [0.3, 0.4) is 0 Å². The Labute approximate surface area is 201 Å². The number of hydrogen-bond donors (Lipinski definition) is 0. The van der Waals surface area contributed by atoms with Crippen LogP contribution in [0, 0.1) is 3.57 Å². The number of ether oxygens (including phenoxy) is 2. The lowest BCUT2D eigenvalue weighted by Gasteiger charge is -2.11. The fourth-order valence-corrected chi connectivity index (χ4v) is 4.09. The maximum Gasteiger partial charge on any atom is 0.308 e. The van der Waals surface area contributed by atoms with Gasteiger partial charge in [-0.3, -0.25) is 9.59 Å². The minimum absolute atomic E-state index is 0.230. The number of carbonyl (C=O) groups is 1. The summed E-state index contributed by atoms with van der Waals surface area (Å²) < 4.78 is 13.4. The number of benzene rings is 2. The first-order valence-electron chi connectivity index (χ1n) is 9.65. The average molecular weight is 598 g/mol. The molecule has 0 aliphatic carbocycles. The van der Waals surface area contributed by atoms with Crippen molar-refractivity contribution in [3.8, 4) is 11.5 Å². The van der Waals surface area contributed by atoms with Crippen LogP contribution in [-0.4, -0.2) is 29.0 Å². The number of carbonyl (C=O) groups excluding carboxylic acids is 1. The lowest BCUT2D eigenvalue weighted by atomic mass is 10.2. The number of halogens is 2. The average Bonchev–Trinajstić information content (AvgIpc) is 2.73. The standard InChI is InChI=1S/C22H21BrIN3O4/c1-4-5-6-20-26-18-8-7-15(23)11-16(18)22(29)27(20)25-12-14-9-17(24)21(31-13(2)28)19(10-14)30-3/h7-12H,4-6H2,1-3H3. The number of methoxy groups -OCH3 is 1. The van der Waals surface area contributed by atoms with Crippen molar-refractivity contribution in [3.63, 3.8) is 0 Å². The topological polar surface area (TPSA) is 82.8 Å². The fourth-order valence-electron chi connectivity index (χ4n) is 2.99. The molecule has 0 unspecified atom stereocenters. The molecule has 0 amide bonds. The van der Waals surface area contributed by atoms with Crippen molar-refractivity contribution >= 4 is 61.6 Å². The Hall–Kier alpha value is -2.27. The van der Waals surface area contributed by atoms with Crippen molar-refractivity contribution in [2.24, 2.45) is 5.10 Å². The van der Waals surface area contributed by atoms with Gasteiger partial charge in [0.1, 0.15) is 5.82 Å². The van der Waals surface area contributed by atoms with E-state index in [1.165, 1.54) is 18.7 Å². The lowest BCUT2D eigenvalue weighted by Crippen LogP contribution is -2.22. The van der Waals surface area contributed by atoms with E-state index in [1.807, 2.05) is 12.1 Å². The van der Waals surface area contributed by atoms with Crippen molar-refractivity contribution in [3.05, 3.63) is 60.1 Å². The predicted molar refractivity (Wildman–Crippen MR) is 132 cm³/mol. The first kappa shape index (κ1) is 23.4. The summed E-state index contributed by atoms with van der Waals surface area (Å²) in [5.41, 5.74) is 1.11. The van der Waals surface area contributed by atoms with Crippen molar-refractivity contribution in [2.75, 3.05) is 7.11 Å². The summed E-state index contributed by atoms with van der Waals surface area (Å²) in [5, 5.41) is 4.94. The largest absolute Gasteiger partial charge is 0.493 e. The van der Waals surface area contributed by atoms with E-state index in [4.69, 9.17) is 9.47 Å². The Balaban J connectivity index is 2.09. The van der Waals surface area contributed by atoms with E-state index in [0.29, 0.717) is 43.8 Å². The molecule has 3 rings (SSSR count). The Morgan fingerprint density at radius 3 is 2.77 bits per heavy atom. The molecule has 9 heteroatoms. The molecule has 162 valence electrons. The Kier molecular flexibility index (Phi) is 7.82. The SMILES string of the molecule is CCCCc1nc2ccc(Br)cc2c(=O)n1N=Cc1cc(I)c(OC(C)=O)c(OC)c1. The van der Waals surface area contributed by atoms with Gasteiger partial charge in [-0.15, -0.1) is 0 Å². The van der Waals surface area contributed by atoms with Gasteiger partial charge in [-0.2, -0.15) is 9.78 Å². The maximum atomic E-state index is 13.2. The van der Waals surface area contributed by atoms with Crippen molar-refractivity contribution in [1.82, 2.24) is 9.66 Å². The molecule has 0 saturated heterocycles. The van der Waals surface area contributed by atoms with E-state index in [9.17, 15) is 9.59 Å². The van der Waals surface area contributed by atoms with Crippen LogP contribution in [0.2, 0.25) is 0 Å². The van der Waals surface area contributed by atoms with Gasteiger partial charge in [0.2, 0.25) is 0 Å². The molecular weight excluding hydrogens is 577 g/mol. The molecular formula is C22H21BrIN3O4. The maximum absolute atomic E-state index is 13.2.